The molecule has 0 saturated heterocycles. The maximum absolute atomic E-state index is 5.85. The van der Waals surface area contributed by atoms with Crippen LogP contribution >= 0.6 is 0 Å². The van der Waals surface area contributed by atoms with E-state index in [2.05, 4.69) is 16.9 Å². The molecule has 2 unspecified atom stereocenters. The minimum Gasteiger partial charge on any atom is -0.371 e. The van der Waals surface area contributed by atoms with Gasteiger partial charge in [0.2, 0.25) is 0 Å². The summed E-state index contributed by atoms with van der Waals surface area (Å²) >= 11 is 0. The van der Waals surface area contributed by atoms with Gasteiger partial charge in [0, 0.05) is 30.1 Å². The summed E-state index contributed by atoms with van der Waals surface area (Å²) < 4.78 is 5.67. The Morgan fingerprint density at radius 3 is 2.59 bits per heavy atom. The van der Waals surface area contributed by atoms with E-state index in [-0.39, 0.29) is 12.1 Å². The Balaban J connectivity index is 2.93. The van der Waals surface area contributed by atoms with Crippen LogP contribution in [0.3, 0.4) is 0 Å². The third kappa shape index (κ3) is 3.75. The van der Waals surface area contributed by atoms with Crippen molar-refractivity contribution in [2.45, 2.75) is 52.7 Å². The van der Waals surface area contributed by atoms with Crippen molar-refractivity contribution in [3.05, 3.63) is 23.3 Å². The van der Waals surface area contributed by atoms with Crippen LogP contribution in [0.2, 0.25) is 0 Å². The van der Waals surface area contributed by atoms with Crippen molar-refractivity contribution in [3.63, 3.8) is 0 Å². The lowest BCUT2D eigenvalue weighted by molar-refractivity contribution is 0.0492. The van der Waals surface area contributed by atoms with Crippen LogP contribution in [0, 0.1) is 6.92 Å². The zero-order chi connectivity index (χ0) is 12.8. The number of ether oxygens (including phenoxy) is 1. The Labute approximate surface area is 104 Å². The van der Waals surface area contributed by atoms with Crippen LogP contribution < -0.4 is 5.73 Å². The van der Waals surface area contributed by atoms with Gasteiger partial charge >= 0.3 is 0 Å². The van der Waals surface area contributed by atoms with Gasteiger partial charge in [0.15, 0.2) is 5.82 Å². The summed E-state index contributed by atoms with van der Waals surface area (Å²) in [5.41, 5.74) is 7.80. The fourth-order valence-corrected chi connectivity index (χ4v) is 1.85. The minimum absolute atomic E-state index is 0.00540. The van der Waals surface area contributed by atoms with Gasteiger partial charge in [-0.3, -0.25) is 0 Å². The third-order valence-electron chi connectivity index (χ3n) is 2.73. The van der Waals surface area contributed by atoms with Crippen LogP contribution in [0.4, 0.5) is 0 Å². The average molecular weight is 237 g/mol. The monoisotopic (exact) mass is 237 g/mol. The summed E-state index contributed by atoms with van der Waals surface area (Å²) in [4.78, 5) is 8.90. The summed E-state index contributed by atoms with van der Waals surface area (Å²) in [5, 5.41) is 0. The van der Waals surface area contributed by atoms with Crippen molar-refractivity contribution in [2.24, 2.45) is 5.73 Å². The van der Waals surface area contributed by atoms with Gasteiger partial charge in [0.25, 0.3) is 0 Å². The van der Waals surface area contributed by atoms with Gasteiger partial charge in [-0.1, -0.05) is 13.3 Å². The Kier molecular flexibility index (Phi) is 5.51. The van der Waals surface area contributed by atoms with Crippen LogP contribution in [0.15, 0.2) is 6.20 Å². The molecule has 0 amide bonds. The molecule has 0 aliphatic heterocycles. The zero-order valence-electron chi connectivity index (χ0n) is 11.2. The quantitative estimate of drug-likeness (QED) is 0.826. The van der Waals surface area contributed by atoms with Crippen molar-refractivity contribution in [2.75, 3.05) is 6.61 Å². The van der Waals surface area contributed by atoms with Gasteiger partial charge in [0.1, 0.15) is 6.10 Å². The lowest BCUT2D eigenvalue weighted by atomic mass is 10.1. The van der Waals surface area contributed by atoms with E-state index in [1.165, 1.54) is 0 Å². The first kappa shape index (κ1) is 14.1. The fourth-order valence-electron chi connectivity index (χ4n) is 1.85. The van der Waals surface area contributed by atoms with Crippen LogP contribution in [0.25, 0.3) is 0 Å². The molecule has 2 N–H and O–H groups in total. The molecule has 96 valence electrons. The Morgan fingerprint density at radius 1 is 1.41 bits per heavy atom. The lowest BCUT2D eigenvalue weighted by Gasteiger charge is -2.17. The van der Waals surface area contributed by atoms with Crippen molar-refractivity contribution < 1.29 is 4.74 Å². The largest absolute Gasteiger partial charge is 0.371 e. The van der Waals surface area contributed by atoms with Gasteiger partial charge in [-0.2, -0.15) is 0 Å². The molecule has 0 spiro atoms. The first-order valence-electron chi connectivity index (χ1n) is 6.30. The second-order valence-electron chi connectivity index (χ2n) is 4.29. The van der Waals surface area contributed by atoms with Gasteiger partial charge in [-0.05, 0) is 27.2 Å². The summed E-state index contributed by atoms with van der Waals surface area (Å²) in [6.45, 7) is 8.72. The molecule has 0 aliphatic carbocycles. The molecule has 4 heteroatoms. The molecule has 0 saturated carbocycles. The predicted molar refractivity (Wildman–Crippen MR) is 68.6 cm³/mol. The standard InChI is InChI=1S/C13H23N3O/c1-5-7-12(17-6-2)13-15-8-11(9(3)14)10(4)16-13/h8-9,12H,5-7,14H2,1-4H3. The zero-order valence-corrected chi connectivity index (χ0v) is 11.2. The molecule has 0 aromatic carbocycles. The highest BCUT2D eigenvalue weighted by atomic mass is 16.5. The van der Waals surface area contributed by atoms with E-state index in [4.69, 9.17) is 10.5 Å². The molecule has 0 bridgehead atoms. The Hall–Kier alpha value is -1.00. The van der Waals surface area contributed by atoms with Gasteiger partial charge in [-0.25, -0.2) is 9.97 Å². The fraction of sp³-hybridized carbons (Fsp3) is 0.692. The smallest absolute Gasteiger partial charge is 0.157 e. The minimum atomic E-state index is -0.0271. The third-order valence-corrected chi connectivity index (χ3v) is 2.73. The normalized spacial score (nSPS) is 14.6. The predicted octanol–water partition coefficient (Wildman–Crippen LogP) is 2.68. The van der Waals surface area contributed by atoms with E-state index in [1.54, 1.807) is 0 Å². The maximum atomic E-state index is 5.85. The molecule has 4 nitrogen and oxygen atoms in total. The van der Waals surface area contributed by atoms with Crippen LogP contribution in [-0.2, 0) is 4.74 Å². The van der Waals surface area contributed by atoms with Crippen molar-refractivity contribution in [3.8, 4) is 0 Å². The van der Waals surface area contributed by atoms with E-state index >= 15 is 0 Å². The summed E-state index contributed by atoms with van der Waals surface area (Å²) in [5.74, 6) is 0.774. The van der Waals surface area contributed by atoms with E-state index in [9.17, 15) is 0 Å². The van der Waals surface area contributed by atoms with Crippen molar-refractivity contribution in [1.82, 2.24) is 9.97 Å². The van der Waals surface area contributed by atoms with Crippen molar-refractivity contribution in [1.29, 1.82) is 0 Å². The number of aryl methyl sites for hydroxylation is 1. The molecule has 1 heterocycles. The summed E-state index contributed by atoms with van der Waals surface area (Å²) in [6, 6.07) is -0.0271. The molecular weight excluding hydrogens is 214 g/mol. The summed E-state index contributed by atoms with van der Waals surface area (Å²) in [7, 11) is 0. The van der Waals surface area contributed by atoms with Gasteiger partial charge < -0.3 is 10.5 Å². The molecule has 1 rings (SSSR count). The Morgan fingerprint density at radius 2 is 2.12 bits per heavy atom. The number of nitrogens with two attached hydrogens (primary N) is 1. The maximum Gasteiger partial charge on any atom is 0.157 e. The molecular formula is C13H23N3O. The van der Waals surface area contributed by atoms with E-state index in [0.717, 1.165) is 29.9 Å². The molecule has 2 atom stereocenters. The van der Waals surface area contributed by atoms with Crippen LogP contribution in [0.5, 0.6) is 0 Å². The second-order valence-corrected chi connectivity index (χ2v) is 4.29. The Bertz CT molecular complexity index is 347. The molecule has 1 aromatic rings. The topological polar surface area (TPSA) is 61.0 Å². The lowest BCUT2D eigenvalue weighted by Crippen LogP contribution is -2.14. The molecule has 17 heavy (non-hydrogen) atoms. The number of hydrogen-bond donors (Lipinski definition) is 1. The number of hydrogen-bond acceptors (Lipinski definition) is 4. The number of nitrogens with zero attached hydrogens (tertiary/aromatic N) is 2. The first-order chi connectivity index (χ1) is 8.10. The van der Waals surface area contributed by atoms with Crippen molar-refractivity contribution >= 4 is 0 Å². The highest BCUT2D eigenvalue weighted by Crippen LogP contribution is 2.21. The number of rotatable bonds is 6. The highest BCUT2D eigenvalue weighted by molar-refractivity contribution is 5.19. The van der Waals surface area contributed by atoms with Crippen LogP contribution in [-0.4, -0.2) is 16.6 Å². The SMILES string of the molecule is CCCC(OCC)c1ncc(C(C)N)c(C)n1. The van der Waals surface area contributed by atoms with Crippen LogP contribution in [0.1, 0.15) is 62.8 Å². The highest BCUT2D eigenvalue weighted by Gasteiger charge is 2.15. The second kappa shape index (κ2) is 6.67. The molecule has 0 aliphatic rings. The molecule has 0 fully saturated rings. The molecule has 1 aromatic heterocycles. The van der Waals surface area contributed by atoms with Gasteiger partial charge in [-0.15, -0.1) is 0 Å². The summed E-state index contributed by atoms with van der Waals surface area (Å²) in [6.07, 6.45) is 3.84. The van der Waals surface area contributed by atoms with E-state index < -0.39 is 0 Å². The first-order valence-corrected chi connectivity index (χ1v) is 6.30. The van der Waals surface area contributed by atoms with E-state index in [1.807, 2.05) is 27.0 Å². The van der Waals surface area contributed by atoms with E-state index in [0.29, 0.717) is 6.61 Å². The molecule has 0 radical (unpaired) electrons. The number of aromatic nitrogens is 2. The van der Waals surface area contributed by atoms with Gasteiger partial charge in [0.05, 0.1) is 0 Å². The average Bonchev–Trinajstić information content (AvgIpc) is 2.28.